The Labute approximate surface area is 269 Å². The minimum absolute atomic E-state index is 0.0520. The second-order valence-corrected chi connectivity index (χ2v) is 13.6. The average Bonchev–Trinajstić information content (AvgIpc) is 3.62. The Morgan fingerprint density at radius 1 is 0.404 bits per heavy atom. The highest BCUT2D eigenvalue weighted by atomic mass is 15.0. The van der Waals surface area contributed by atoms with Gasteiger partial charge in [-0.3, -0.25) is 0 Å². The first-order valence-corrected chi connectivity index (χ1v) is 16.6. The molecular weight excluding hydrogens is 567 g/mol. The molecule has 0 spiro atoms. The molecule has 2 aromatic heterocycles. The summed E-state index contributed by atoms with van der Waals surface area (Å²) in [6, 6.07) is 52.9. The zero-order valence-electron chi connectivity index (χ0n) is 25.3. The van der Waals surface area contributed by atoms with Crippen molar-refractivity contribution in [3.63, 3.8) is 0 Å². The molecule has 47 heavy (non-hydrogen) atoms. The third-order valence-electron chi connectivity index (χ3n) is 11.6. The van der Waals surface area contributed by atoms with Crippen LogP contribution < -0.4 is 10.9 Å². The van der Waals surface area contributed by atoms with Crippen LogP contribution in [0.5, 0.6) is 0 Å². The molecule has 2 aliphatic heterocycles. The summed E-state index contributed by atoms with van der Waals surface area (Å²) in [6.45, 7) is 0.0520. The maximum absolute atomic E-state index is 2.69. The van der Waals surface area contributed by atoms with Gasteiger partial charge in [0, 0.05) is 43.8 Å². The van der Waals surface area contributed by atoms with Crippen LogP contribution in [0.4, 0.5) is 0 Å². The predicted molar refractivity (Wildman–Crippen MR) is 199 cm³/mol. The van der Waals surface area contributed by atoms with E-state index in [-0.39, 0.29) is 6.85 Å². The molecule has 0 saturated heterocycles. The Bertz CT molecular complexity index is 3140. The van der Waals surface area contributed by atoms with E-state index < -0.39 is 0 Å². The molecule has 0 amide bonds. The quantitative estimate of drug-likeness (QED) is 0.156. The highest BCUT2D eigenvalue weighted by Gasteiger charge is 2.42. The van der Waals surface area contributed by atoms with Gasteiger partial charge in [-0.2, -0.15) is 0 Å². The van der Waals surface area contributed by atoms with Gasteiger partial charge in [0.25, 0.3) is 0 Å². The summed E-state index contributed by atoms with van der Waals surface area (Å²) in [6.07, 6.45) is 0. The monoisotopic (exact) mass is 590 g/mol. The lowest BCUT2D eigenvalue weighted by Gasteiger charge is -2.34. The molecule has 13 rings (SSSR count). The number of benzene rings is 8. The first kappa shape index (κ1) is 23.3. The molecule has 0 radical (unpaired) electrons. The van der Waals surface area contributed by atoms with Crippen molar-refractivity contribution in [3.05, 3.63) is 140 Å². The van der Waals surface area contributed by atoms with Crippen molar-refractivity contribution in [1.29, 1.82) is 0 Å². The zero-order valence-corrected chi connectivity index (χ0v) is 25.3. The van der Waals surface area contributed by atoms with Crippen LogP contribution >= 0.6 is 0 Å². The molecule has 8 aromatic carbocycles. The molecular formula is C44H23BN2. The maximum Gasteiger partial charge on any atom is 0.333 e. The van der Waals surface area contributed by atoms with Gasteiger partial charge in [-0.05, 0) is 84.6 Å². The highest BCUT2D eigenvalue weighted by molar-refractivity contribution is 6.90. The molecule has 0 N–H and O–H groups in total. The number of para-hydroxylation sites is 1. The Kier molecular flexibility index (Phi) is 3.80. The smallest absolute Gasteiger partial charge is 0.333 e. The molecule has 0 unspecified atom stereocenters. The standard InChI is InChI=1S/C44H23BN2/c1-2-12-26-24(10-1)22-33-31-18-9-21-37-42(31)45(47-35-19-6-5-15-32(35)39(26)43(33)47)34-23-25-11-7-16-29-27-13-3-4-14-28(27)30-17-8-20-36-40(30)41(38(25)29)44(34)46(36)37/h1-23H. The number of aromatic nitrogens is 2. The molecule has 0 atom stereocenters. The van der Waals surface area contributed by atoms with Gasteiger partial charge < -0.3 is 9.05 Å². The van der Waals surface area contributed by atoms with Gasteiger partial charge in [-0.15, -0.1) is 0 Å². The molecule has 4 heterocycles. The van der Waals surface area contributed by atoms with E-state index in [2.05, 4.69) is 149 Å². The summed E-state index contributed by atoms with van der Waals surface area (Å²) >= 11 is 0. The van der Waals surface area contributed by atoms with Crippen molar-refractivity contribution in [2.75, 3.05) is 0 Å². The largest absolute Gasteiger partial charge is 0.375 e. The number of hydrogen-bond donors (Lipinski definition) is 0. The number of nitrogens with zero attached hydrogens (tertiary/aromatic N) is 2. The topological polar surface area (TPSA) is 9.86 Å². The molecule has 0 fully saturated rings. The Hall–Kier alpha value is -6.06. The van der Waals surface area contributed by atoms with Crippen molar-refractivity contribution in [2.45, 2.75) is 0 Å². The van der Waals surface area contributed by atoms with E-state index in [9.17, 15) is 0 Å². The van der Waals surface area contributed by atoms with E-state index >= 15 is 0 Å². The van der Waals surface area contributed by atoms with Gasteiger partial charge in [0.2, 0.25) is 0 Å². The fraction of sp³-hybridized carbons (Fsp3) is 0. The average molecular weight is 590 g/mol. The highest BCUT2D eigenvalue weighted by Crippen LogP contribution is 2.51. The van der Waals surface area contributed by atoms with Crippen molar-refractivity contribution < 1.29 is 0 Å². The number of rotatable bonds is 0. The zero-order chi connectivity index (χ0) is 30.1. The summed E-state index contributed by atoms with van der Waals surface area (Å²) in [7, 11) is 0. The molecule has 212 valence electrons. The first-order valence-electron chi connectivity index (χ1n) is 16.6. The first-order chi connectivity index (χ1) is 23.4. The van der Waals surface area contributed by atoms with Crippen LogP contribution in [-0.4, -0.2) is 15.9 Å². The lowest BCUT2D eigenvalue weighted by atomic mass is 9.45. The lowest BCUT2D eigenvalue weighted by Crippen LogP contribution is -2.55. The maximum atomic E-state index is 2.69. The van der Waals surface area contributed by atoms with Crippen LogP contribution in [0.3, 0.4) is 0 Å². The van der Waals surface area contributed by atoms with Gasteiger partial charge >= 0.3 is 6.85 Å². The minimum atomic E-state index is 0.0520. The van der Waals surface area contributed by atoms with Gasteiger partial charge in [-0.1, -0.05) is 115 Å². The van der Waals surface area contributed by atoms with Crippen molar-refractivity contribution in [2.24, 2.45) is 0 Å². The summed E-state index contributed by atoms with van der Waals surface area (Å²) in [5.41, 5.74) is 17.3. The summed E-state index contributed by atoms with van der Waals surface area (Å²) in [5.74, 6) is 0. The minimum Gasteiger partial charge on any atom is -0.375 e. The second-order valence-electron chi connectivity index (χ2n) is 13.6. The van der Waals surface area contributed by atoms with Crippen LogP contribution in [0, 0.1) is 0 Å². The molecule has 10 aromatic rings. The fourth-order valence-electron chi connectivity index (χ4n) is 9.96. The Balaban J connectivity index is 1.33. The van der Waals surface area contributed by atoms with Gasteiger partial charge in [0.15, 0.2) is 0 Å². The van der Waals surface area contributed by atoms with E-state index in [1.807, 2.05) is 0 Å². The van der Waals surface area contributed by atoms with Gasteiger partial charge in [-0.25, -0.2) is 0 Å². The predicted octanol–water partition coefficient (Wildman–Crippen LogP) is 9.79. The molecule has 3 aliphatic rings. The SMILES string of the molecule is c1ccc2c(c1)-c1cccc3cc4c5c(c13)c1c-2cccc1n5-c1cccc2c1B4n1c3ccccc3c3c4ccccc4cc-2c31. The van der Waals surface area contributed by atoms with Gasteiger partial charge in [0.05, 0.1) is 11.0 Å². The lowest BCUT2D eigenvalue weighted by molar-refractivity contribution is 1.18. The van der Waals surface area contributed by atoms with Crippen LogP contribution in [0.2, 0.25) is 0 Å². The van der Waals surface area contributed by atoms with Gasteiger partial charge in [0.1, 0.15) is 0 Å². The fourth-order valence-corrected chi connectivity index (χ4v) is 9.96. The van der Waals surface area contributed by atoms with Crippen LogP contribution in [0.25, 0.3) is 104 Å². The van der Waals surface area contributed by atoms with Crippen LogP contribution in [0.1, 0.15) is 0 Å². The molecule has 0 bridgehead atoms. The summed E-state index contributed by atoms with van der Waals surface area (Å²) < 4.78 is 5.30. The second kappa shape index (κ2) is 7.66. The molecule has 0 saturated carbocycles. The van der Waals surface area contributed by atoms with E-state index in [1.165, 1.54) is 115 Å². The normalized spacial score (nSPS) is 13.5. The third kappa shape index (κ3) is 2.46. The third-order valence-corrected chi connectivity index (χ3v) is 11.6. The van der Waals surface area contributed by atoms with Crippen molar-refractivity contribution in [3.8, 4) is 39.1 Å². The Morgan fingerprint density at radius 3 is 1.96 bits per heavy atom. The van der Waals surface area contributed by atoms with Crippen molar-refractivity contribution in [1.82, 2.24) is 9.05 Å². The van der Waals surface area contributed by atoms with E-state index in [0.29, 0.717) is 0 Å². The number of hydrogen-bond acceptors (Lipinski definition) is 0. The summed E-state index contributed by atoms with van der Waals surface area (Å²) in [4.78, 5) is 0. The van der Waals surface area contributed by atoms with Crippen LogP contribution in [0.15, 0.2) is 140 Å². The van der Waals surface area contributed by atoms with E-state index in [1.54, 1.807) is 0 Å². The van der Waals surface area contributed by atoms with Crippen molar-refractivity contribution >= 4 is 82.9 Å². The Morgan fingerprint density at radius 2 is 1.06 bits per heavy atom. The molecule has 1 aliphatic carbocycles. The summed E-state index contributed by atoms with van der Waals surface area (Å²) in [5, 5.41) is 10.8. The van der Waals surface area contributed by atoms with E-state index in [0.717, 1.165) is 0 Å². The van der Waals surface area contributed by atoms with E-state index in [4.69, 9.17) is 0 Å². The number of fused-ring (bicyclic) bond motifs is 13. The molecule has 3 heteroatoms. The van der Waals surface area contributed by atoms with Crippen LogP contribution in [-0.2, 0) is 0 Å². The molecule has 2 nitrogen and oxygen atoms in total.